The van der Waals surface area contributed by atoms with Gasteiger partial charge < -0.3 is 15.0 Å². The van der Waals surface area contributed by atoms with Crippen molar-refractivity contribution in [3.63, 3.8) is 0 Å². The Bertz CT molecular complexity index is 507. The molecule has 114 valence electrons. The molecule has 7 heteroatoms. The van der Waals surface area contributed by atoms with E-state index in [4.69, 9.17) is 16.3 Å². The third-order valence-electron chi connectivity index (χ3n) is 3.22. The van der Waals surface area contributed by atoms with Gasteiger partial charge in [0.25, 0.3) is 5.91 Å². The maximum absolute atomic E-state index is 11.9. The van der Waals surface area contributed by atoms with Crippen LogP contribution in [0.4, 0.5) is 4.79 Å². The number of ether oxygens (including phenoxy) is 1. The molecule has 1 atom stereocenters. The van der Waals surface area contributed by atoms with E-state index in [9.17, 15) is 9.59 Å². The monoisotopic (exact) mass is 312 g/mol. The number of hydrogen-bond acceptors (Lipinski definition) is 3. The van der Waals surface area contributed by atoms with Crippen LogP contribution in [0.1, 0.15) is 0 Å². The molecule has 1 fully saturated rings. The van der Waals surface area contributed by atoms with Gasteiger partial charge >= 0.3 is 6.03 Å². The van der Waals surface area contributed by atoms with E-state index in [1.165, 1.54) is 4.90 Å². The lowest BCUT2D eigenvalue weighted by Gasteiger charge is -2.17. The molecule has 0 spiro atoms. The fraction of sp³-hybridized carbons (Fsp3) is 0.429. The zero-order chi connectivity index (χ0) is 15.2. The largest absolute Gasteiger partial charge is 0.488 e. The van der Waals surface area contributed by atoms with Crippen LogP contribution >= 0.6 is 11.6 Å². The number of carbonyl (C=O) groups is 2. The van der Waals surface area contributed by atoms with Crippen molar-refractivity contribution in [3.05, 3.63) is 29.3 Å². The van der Waals surface area contributed by atoms with Crippen LogP contribution in [-0.4, -0.2) is 56.7 Å². The Morgan fingerprint density at radius 1 is 1.43 bits per heavy atom. The lowest BCUT2D eigenvalue weighted by atomic mass is 10.3. The summed E-state index contributed by atoms with van der Waals surface area (Å²) in [4.78, 5) is 25.5. The van der Waals surface area contributed by atoms with Crippen LogP contribution in [0.2, 0.25) is 5.02 Å². The third kappa shape index (κ3) is 4.61. The highest BCUT2D eigenvalue weighted by atomic mass is 35.5. The van der Waals surface area contributed by atoms with Gasteiger partial charge in [0.1, 0.15) is 18.9 Å². The predicted octanol–water partition coefficient (Wildman–Crippen LogP) is -0.215. The third-order valence-corrected chi connectivity index (χ3v) is 3.47. The highest BCUT2D eigenvalue weighted by Gasteiger charge is 2.27. The molecule has 1 heterocycles. The number of likely N-dealkylation sites (N-methyl/N-ethyl adjacent to an activating group) is 1. The number of nitrogens with zero attached hydrogens (tertiary/aromatic N) is 1. The molecular formula is C14H19ClN3O3+. The first-order valence-corrected chi connectivity index (χ1v) is 7.22. The van der Waals surface area contributed by atoms with E-state index in [-0.39, 0.29) is 18.5 Å². The summed E-state index contributed by atoms with van der Waals surface area (Å²) >= 11 is 5.79. The normalized spacial score (nSPS) is 15.7. The molecule has 1 aromatic rings. The van der Waals surface area contributed by atoms with E-state index in [0.29, 0.717) is 31.3 Å². The number of quaternary nitrogens is 1. The Morgan fingerprint density at radius 3 is 2.76 bits per heavy atom. The van der Waals surface area contributed by atoms with Gasteiger partial charge in [-0.15, -0.1) is 0 Å². The number of hydrogen-bond donors (Lipinski definition) is 2. The van der Waals surface area contributed by atoms with E-state index in [2.05, 4.69) is 5.32 Å². The molecule has 3 amide bonds. The van der Waals surface area contributed by atoms with Crippen LogP contribution in [0, 0.1) is 0 Å². The van der Waals surface area contributed by atoms with Gasteiger partial charge in [-0.3, -0.25) is 9.69 Å². The smallest absolute Gasteiger partial charge is 0.324 e. The van der Waals surface area contributed by atoms with Crippen molar-refractivity contribution in [2.45, 2.75) is 0 Å². The first-order chi connectivity index (χ1) is 10.1. The Balaban J connectivity index is 1.69. The van der Waals surface area contributed by atoms with Crippen molar-refractivity contribution < 1.29 is 19.2 Å². The van der Waals surface area contributed by atoms with E-state index < -0.39 is 0 Å². The van der Waals surface area contributed by atoms with Crippen LogP contribution in [0.5, 0.6) is 5.75 Å². The van der Waals surface area contributed by atoms with Gasteiger partial charge in [0.2, 0.25) is 0 Å². The summed E-state index contributed by atoms with van der Waals surface area (Å²) in [6, 6.07) is 6.84. The lowest BCUT2D eigenvalue weighted by Crippen LogP contribution is -3.10. The second-order valence-electron chi connectivity index (χ2n) is 4.96. The second kappa shape index (κ2) is 7.28. The quantitative estimate of drug-likeness (QED) is 0.764. The van der Waals surface area contributed by atoms with Crippen molar-refractivity contribution in [3.8, 4) is 5.75 Å². The molecule has 1 aromatic carbocycles. The summed E-state index contributed by atoms with van der Waals surface area (Å²) in [5.41, 5.74) is 0. The number of rotatable bonds is 6. The minimum absolute atomic E-state index is 0.158. The van der Waals surface area contributed by atoms with Gasteiger partial charge in [0.15, 0.2) is 6.54 Å². The molecule has 0 aliphatic carbocycles. The molecule has 2 rings (SSSR count). The molecule has 2 N–H and O–H groups in total. The number of imide groups is 1. The lowest BCUT2D eigenvalue weighted by molar-refractivity contribution is -0.871. The second-order valence-corrected chi connectivity index (χ2v) is 5.40. The van der Waals surface area contributed by atoms with Crippen LogP contribution in [0.15, 0.2) is 24.3 Å². The SMILES string of the molecule is C[NH+](CCOc1ccc(Cl)cc1)CC(=O)N1CCNC1=O. The average Bonchev–Trinajstić information content (AvgIpc) is 2.87. The maximum Gasteiger partial charge on any atom is 0.324 e. The molecular weight excluding hydrogens is 294 g/mol. The van der Waals surface area contributed by atoms with E-state index >= 15 is 0 Å². The zero-order valence-corrected chi connectivity index (χ0v) is 12.7. The first kappa shape index (κ1) is 15.6. The Morgan fingerprint density at radius 2 is 2.14 bits per heavy atom. The molecule has 0 saturated carbocycles. The molecule has 1 saturated heterocycles. The summed E-state index contributed by atoms with van der Waals surface area (Å²) in [5, 5.41) is 3.28. The van der Waals surface area contributed by atoms with Crippen molar-refractivity contribution in [1.82, 2.24) is 10.2 Å². The van der Waals surface area contributed by atoms with Gasteiger partial charge in [-0.2, -0.15) is 0 Å². The van der Waals surface area contributed by atoms with Crippen LogP contribution in [0.3, 0.4) is 0 Å². The van der Waals surface area contributed by atoms with Crippen LogP contribution < -0.4 is 15.0 Å². The molecule has 1 aliphatic heterocycles. The van der Waals surface area contributed by atoms with Gasteiger partial charge in [0, 0.05) is 18.1 Å². The van der Waals surface area contributed by atoms with Crippen molar-refractivity contribution in [2.24, 2.45) is 0 Å². The zero-order valence-electron chi connectivity index (χ0n) is 11.9. The molecule has 21 heavy (non-hydrogen) atoms. The van der Waals surface area contributed by atoms with Crippen molar-refractivity contribution >= 4 is 23.5 Å². The summed E-state index contributed by atoms with van der Waals surface area (Å²) in [6.07, 6.45) is 0. The Kier molecular flexibility index (Phi) is 5.41. The molecule has 6 nitrogen and oxygen atoms in total. The Labute approximate surface area is 128 Å². The van der Waals surface area contributed by atoms with E-state index in [1.54, 1.807) is 24.3 Å². The Hall–Kier alpha value is -1.79. The molecule has 1 unspecified atom stereocenters. The molecule has 1 aliphatic rings. The van der Waals surface area contributed by atoms with Crippen LogP contribution in [-0.2, 0) is 4.79 Å². The summed E-state index contributed by atoms with van der Waals surface area (Å²) in [6.45, 7) is 2.42. The molecule has 0 aromatic heterocycles. The summed E-state index contributed by atoms with van der Waals surface area (Å²) < 4.78 is 5.58. The topological polar surface area (TPSA) is 63.1 Å². The predicted molar refractivity (Wildman–Crippen MR) is 78.7 cm³/mol. The number of benzene rings is 1. The average molecular weight is 313 g/mol. The minimum atomic E-state index is -0.301. The maximum atomic E-state index is 11.9. The van der Waals surface area contributed by atoms with E-state index in [0.717, 1.165) is 10.6 Å². The van der Waals surface area contributed by atoms with Crippen molar-refractivity contribution in [1.29, 1.82) is 0 Å². The number of carbonyl (C=O) groups excluding carboxylic acids is 2. The fourth-order valence-electron chi connectivity index (χ4n) is 2.03. The first-order valence-electron chi connectivity index (χ1n) is 6.84. The molecule has 0 bridgehead atoms. The van der Waals surface area contributed by atoms with Gasteiger partial charge in [-0.25, -0.2) is 4.79 Å². The van der Waals surface area contributed by atoms with Crippen LogP contribution in [0.25, 0.3) is 0 Å². The summed E-state index contributed by atoms with van der Waals surface area (Å²) in [7, 11) is 1.90. The minimum Gasteiger partial charge on any atom is -0.488 e. The number of nitrogens with one attached hydrogen (secondary N) is 2. The van der Waals surface area contributed by atoms with Gasteiger partial charge in [-0.05, 0) is 24.3 Å². The number of halogens is 1. The highest BCUT2D eigenvalue weighted by Crippen LogP contribution is 2.14. The number of urea groups is 1. The van der Waals surface area contributed by atoms with Gasteiger partial charge in [-0.1, -0.05) is 11.6 Å². The molecule has 0 radical (unpaired) electrons. The number of amides is 3. The van der Waals surface area contributed by atoms with E-state index in [1.807, 2.05) is 7.05 Å². The standard InChI is InChI=1S/C14H18ClN3O3/c1-17(10-13(19)18-7-6-16-14(18)20)8-9-21-12-4-2-11(15)3-5-12/h2-5H,6-10H2,1H3,(H,16,20)/p+1. The van der Waals surface area contributed by atoms with Crippen molar-refractivity contribution in [2.75, 3.05) is 39.8 Å². The highest BCUT2D eigenvalue weighted by molar-refractivity contribution is 6.30. The fourth-order valence-corrected chi connectivity index (χ4v) is 2.15. The van der Waals surface area contributed by atoms with Gasteiger partial charge in [0.05, 0.1) is 7.05 Å². The summed E-state index contributed by atoms with van der Waals surface area (Å²) in [5.74, 6) is 0.589.